The van der Waals surface area contributed by atoms with Gasteiger partial charge in [0, 0.05) is 22.8 Å². The van der Waals surface area contributed by atoms with Gasteiger partial charge in [0.05, 0.1) is 29.2 Å². The first kappa shape index (κ1) is 19.3. The first-order valence-corrected chi connectivity index (χ1v) is 9.15. The van der Waals surface area contributed by atoms with E-state index in [0.717, 1.165) is 11.1 Å². The van der Waals surface area contributed by atoms with Crippen molar-refractivity contribution in [1.82, 2.24) is 14.8 Å². The van der Waals surface area contributed by atoms with E-state index in [1.54, 1.807) is 55.2 Å². The summed E-state index contributed by atoms with van der Waals surface area (Å²) in [5, 5.41) is 7.83. The molecule has 2 aromatic heterocycles. The number of carbonyl (C=O) groups is 2. The largest absolute Gasteiger partial charge is 0.366 e. The maximum Gasteiger partial charge on any atom is 0.257 e. The number of nitrogens with zero attached hydrogens (tertiary/aromatic N) is 3. The topological polar surface area (TPSA) is 103 Å². The van der Waals surface area contributed by atoms with Crippen molar-refractivity contribution < 1.29 is 14.0 Å². The van der Waals surface area contributed by atoms with Crippen molar-refractivity contribution in [1.29, 1.82) is 0 Å². The second-order valence-corrected chi connectivity index (χ2v) is 6.96. The lowest BCUT2D eigenvalue weighted by molar-refractivity contribution is 0.0998. The molecule has 8 heteroatoms. The number of hydrogen-bond donors (Lipinski definition) is 2. The fourth-order valence-electron chi connectivity index (χ4n) is 3.39. The van der Waals surface area contributed by atoms with Crippen molar-refractivity contribution in [3.63, 3.8) is 0 Å². The minimum absolute atomic E-state index is 0.346. The first-order valence-electron chi connectivity index (χ1n) is 9.15. The SMILES string of the molecule is Cc1cc(C(N)=O)cc(C)c1NC(=O)c1cncc2c1cnn2-c1ccc(F)cc1. The summed E-state index contributed by atoms with van der Waals surface area (Å²) < 4.78 is 14.8. The Labute approximate surface area is 171 Å². The van der Waals surface area contributed by atoms with E-state index in [0.29, 0.717) is 33.4 Å². The molecule has 150 valence electrons. The Hall–Kier alpha value is -4.07. The van der Waals surface area contributed by atoms with Gasteiger partial charge in [-0.15, -0.1) is 0 Å². The summed E-state index contributed by atoms with van der Waals surface area (Å²) in [6, 6.07) is 9.15. The molecular formula is C22H18FN5O2. The summed E-state index contributed by atoms with van der Waals surface area (Å²) >= 11 is 0. The maximum absolute atomic E-state index is 13.2. The van der Waals surface area contributed by atoms with Crippen LogP contribution in [0, 0.1) is 19.7 Å². The second kappa shape index (κ2) is 7.40. The van der Waals surface area contributed by atoms with Crippen LogP contribution in [0.2, 0.25) is 0 Å². The summed E-state index contributed by atoms with van der Waals surface area (Å²) in [4.78, 5) is 28.6. The highest BCUT2D eigenvalue weighted by molar-refractivity contribution is 6.12. The quantitative estimate of drug-likeness (QED) is 0.544. The Kier molecular flexibility index (Phi) is 4.75. The van der Waals surface area contributed by atoms with Gasteiger partial charge in [-0.05, 0) is 61.4 Å². The fraction of sp³-hybridized carbons (Fsp3) is 0.0909. The van der Waals surface area contributed by atoms with Crippen LogP contribution in [0.15, 0.2) is 55.0 Å². The van der Waals surface area contributed by atoms with Gasteiger partial charge in [-0.1, -0.05) is 0 Å². The number of hydrogen-bond acceptors (Lipinski definition) is 4. The number of carbonyl (C=O) groups excluding carboxylic acids is 2. The van der Waals surface area contributed by atoms with Crippen molar-refractivity contribution in [3.8, 4) is 5.69 Å². The van der Waals surface area contributed by atoms with Gasteiger partial charge in [-0.25, -0.2) is 9.07 Å². The van der Waals surface area contributed by atoms with Crippen LogP contribution in [-0.4, -0.2) is 26.6 Å². The molecular weight excluding hydrogens is 385 g/mol. The van der Waals surface area contributed by atoms with E-state index in [4.69, 9.17) is 5.73 Å². The van der Waals surface area contributed by atoms with E-state index in [1.165, 1.54) is 18.3 Å². The monoisotopic (exact) mass is 403 g/mol. The molecule has 0 atom stereocenters. The summed E-state index contributed by atoms with van der Waals surface area (Å²) in [5.74, 6) is -1.23. The number of halogens is 1. The predicted molar refractivity (Wildman–Crippen MR) is 111 cm³/mol. The number of amides is 2. The zero-order valence-electron chi connectivity index (χ0n) is 16.3. The van der Waals surface area contributed by atoms with Crippen LogP contribution >= 0.6 is 0 Å². The Balaban J connectivity index is 1.71. The number of rotatable bonds is 4. The highest BCUT2D eigenvalue weighted by Crippen LogP contribution is 2.25. The number of primary amides is 1. The Morgan fingerprint density at radius 1 is 1.03 bits per heavy atom. The number of fused-ring (bicyclic) bond motifs is 1. The number of nitrogens with two attached hydrogens (primary N) is 1. The highest BCUT2D eigenvalue weighted by Gasteiger charge is 2.17. The van der Waals surface area contributed by atoms with Gasteiger partial charge >= 0.3 is 0 Å². The van der Waals surface area contributed by atoms with Gasteiger partial charge in [-0.2, -0.15) is 5.10 Å². The molecule has 3 N–H and O–H groups in total. The lowest BCUT2D eigenvalue weighted by atomic mass is 10.0. The number of aromatic nitrogens is 3. The van der Waals surface area contributed by atoms with Gasteiger partial charge in [-0.3, -0.25) is 14.6 Å². The van der Waals surface area contributed by atoms with Crippen molar-refractivity contribution in [2.75, 3.05) is 5.32 Å². The molecule has 0 spiro atoms. The van der Waals surface area contributed by atoms with Crippen molar-refractivity contribution in [2.45, 2.75) is 13.8 Å². The van der Waals surface area contributed by atoms with Crippen molar-refractivity contribution in [2.24, 2.45) is 5.73 Å². The van der Waals surface area contributed by atoms with E-state index in [-0.39, 0.29) is 11.7 Å². The van der Waals surface area contributed by atoms with Crippen molar-refractivity contribution in [3.05, 3.63) is 83.1 Å². The van der Waals surface area contributed by atoms with Crippen LogP contribution < -0.4 is 11.1 Å². The average Bonchev–Trinajstić information content (AvgIpc) is 3.15. The van der Waals surface area contributed by atoms with E-state index < -0.39 is 5.91 Å². The van der Waals surface area contributed by atoms with Gasteiger partial charge in [0.2, 0.25) is 5.91 Å². The summed E-state index contributed by atoms with van der Waals surface area (Å²) in [6.07, 6.45) is 4.64. The predicted octanol–water partition coefficient (Wildman–Crippen LogP) is 3.53. The van der Waals surface area contributed by atoms with E-state index >= 15 is 0 Å². The molecule has 0 bridgehead atoms. The van der Waals surface area contributed by atoms with Crippen LogP contribution in [-0.2, 0) is 0 Å². The molecule has 7 nitrogen and oxygen atoms in total. The molecule has 30 heavy (non-hydrogen) atoms. The molecule has 0 saturated heterocycles. The Morgan fingerprint density at radius 2 is 1.70 bits per heavy atom. The number of nitrogens with one attached hydrogen (secondary N) is 1. The van der Waals surface area contributed by atoms with Gasteiger partial charge < -0.3 is 11.1 Å². The molecule has 4 rings (SSSR count). The van der Waals surface area contributed by atoms with Crippen molar-refractivity contribution >= 4 is 28.4 Å². The molecule has 0 radical (unpaired) electrons. The molecule has 0 unspecified atom stereocenters. The molecule has 0 aliphatic rings. The fourth-order valence-corrected chi connectivity index (χ4v) is 3.39. The minimum atomic E-state index is -0.527. The summed E-state index contributed by atoms with van der Waals surface area (Å²) in [6.45, 7) is 3.58. The number of benzene rings is 2. The first-order chi connectivity index (χ1) is 14.3. The van der Waals surface area contributed by atoms with Crippen LogP contribution in [0.5, 0.6) is 0 Å². The molecule has 0 fully saturated rings. The van der Waals surface area contributed by atoms with Crippen LogP contribution in [0.4, 0.5) is 10.1 Å². The molecule has 2 amide bonds. The van der Waals surface area contributed by atoms with Crippen LogP contribution in [0.25, 0.3) is 16.6 Å². The number of aryl methyl sites for hydroxylation is 2. The minimum Gasteiger partial charge on any atom is -0.366 e. The third-order valence-electron chi connectivity index (χ3n) is 4.87. The Morgan fingerprint density at radius 3 is 2.33 bits per heavy atom. The molecule has 0 aliphatic carbocycles. The zero-order chi connectivity index (χ0) is 21.4. The maximum atomic E-state index is 13.2. The highest BCUT2D eigenvalue weighted by atomic mass is 19.1. The van der Waals surface area contributed by atoms with Gasteiger partial charge in [0.25, 0.3) is 5.91 Å². The average molecular weight is 403 g/mol. The van der Waals surface area contributed by atoms with Gasteiger partial charge in [0.15, 0.2) is 0 Å². The summed E-state index contributed by atoms with van der Waals surface area (Å²) in [5.41, 5.74) is 9.40. The smallest absolute Gasteiger partial charge is 0.257 e. The third-order valence-corrected chi connectivity index (χ3v) is 4.87. The molecule has 2 aromatic carbocycles. The molecule has 2 heterocycles. The lowest BCUT2D eigenvalue weighted by Crippen LogP contribution is -2.16. The normalized spacial score (nSPS) is 10.9. The number of anilines is 1. The number of pyridine rings is 1. The molecule has 4 aromatic rings. The van der Waals surface area contributed by atoms with E-state index in [2.05, 4.69) is 15.4 Å². The lowest BCUT2D eigenvalue weighted by Gasteiger charge is -2.13. The molecule has 0 saturated carbocycles. The standard InChI is InChI=1S/C22H18FN5O2/c1-12-7-14(21(24)29)8-13(2)20(12)27-22(30)18-9-25-11-19-17(18)10-26-28(19)16-5-3-15(23)4-6-16/h3-11H,1-2H3,(H2,24,29)(H,27,30). The van der Waals surface area contributed by atoms with Gasteiger partial charge in [0.1, 0.15) is 5.82 Å². The third kappa shape index (κ3) is 3.39. The van der Waals surface area contributed by atoms with E-state index in [9.17, 15) is 14.0 Å². The van der Waals surface area contributed by atoms with E-state index in [1.807, 2.05) is 0 Å². The summed E-state index contributed by atoms with van der Waals surface area (Å²) in [7, 11) is 0. The van der Waals surface area contributed by atoms with Crippen LogP contribution in [0.3, 0.4) is 0 Å². The zero-order valence-corrected chi connectivity index (χ0v) is 16.3. The van der Waals surface area contributed by atoms with Crippen LogP contribution in [0.1, 0.15) is 31.8 Å². The second-order valence-electron chi connectivity index (χ2n) is 6.96. The Bertz CT molecular complexity index is 1270. The molecule has 0 aliphatic heterocycles.